The molecular weight excluding hydrogens is 223 g/mol. The Balaban J connectivity index is 2.89. The summed E-state index contributed by atoms with van der Waals surface area (Å²) in [6.07, 6.45) is -0.544. The van der Waals surface area contributed by atoms with Crippen LogP contribution in [-0.2, 0) is 6.42 Å². The van der Waals surface area contributed by atoms with Crippen molar-refractivity contribution in [1.29, 1.82) is 0 Å². The molecule has 0 amide bonds. The quantitative estimate of drug-likeness (QED) is 0.829. The molecule has 0 radical (unpaired) electrons. The number of methoxy groups -OCH3 is 1. The van der Waals surface area contributed by atoms with Crippen LogP contribution in [0.3, 0.4) is 0 Å². The molecule has 0 aliphatic rings. The Hall–Kier alpha value is -1.13. The highest BCUT2D eigenvalue weighted by Crippen LogP contribution is 2.24. The van der Waals surface area contributed by atoms with Gasteiger partial charge in [-0.05, 0) is 25.0 Å². The lowest BCUT2D eigenvalue weighted by molar-refractivity contribution is -0.0632. The van der Waals surface area contributed by atoms with Crippen molar-refractivity contribution in [2.24, 2.45) is 0 Å². The lowest BCUT2D eigenvalue weighted by atomic mass is 9.91. The third-order valence-electron chi connectivity index (χ3n) is 3.11. The van der Waals surface area contributed by atoms with Crippen LogP contribution in [0.15, 0.2) is 18.2 Å². The molecule has 0 spiro atoms. The minimum absolute atomic E-state index is 0.0594. The average Bonchev–Trinajstić information content (AvgIpc) is 2.31. The molecule has 0 aromatic heterocycles. The molecule has 0 saturated carbocycles. The minimum Gasteiger partial charge on any atom is -0.494 e. The molecule has 0 heterocycles. The summed E-state index contributed by atoms with van der Waals surface area (Å²) >= 11 is 0. The second-order valence-corrected chi connectivity index (χ2v) is 4.36. The Bertz CT molecular complexity index is 377. The molecule has 1 rings (SSSR count). The van der Waals surface area contributed by atoms with Crippen molar-refractivity contribution in [3.05, 3.63) is 29.6 Å². The molecule has 2 N–H and O–H groups in total. The van der Waals surface area contributed by atoms with E-state index in [1.54, 1.807) is 19.1 Å². The van der Waals surface area contributed by atoms with E-state index >= 15 is 0 Å². The highest BCUT2D eigenvalue weighted by atomic mass is 19.1. The largest absolute Gasteiger partial charge is 0.494 e. The number of benzene rings is 1. The van der Waals surface area contributed by atoms with Crippen molar-refractivity contribution in [2.75, 3.05) is 7.11 Å². The number of halogens is 1. The van der Waals surface area contributed by atoms with E-state index in [0.717, 1.165) is 0 Å². The third kappa shape index (κ3) is 3.17. The molecule has 1 aromatic carbocycles. The van der Waals surface area contributed by atoms with Crippen LogP contribution >= 0.6 is 0 Å². The maximum Gasteiger partial charge on any atom is 0.168 e. The molecule has 3 nitrogen and oxygen atoms in total. The summed E-state index contributed by atoms with van der Waals surface area (Å²) in [5.41, 5.74) is -0.874. The Labute approximate surface area is 101 Å². The van der Waals surface area contributed by atoms with Crippen LogP contribution in [-0.4, -0.2) is 29.0 Å². The van der Waals surface area contributed by atoms with Crippen LogP contribution in [0.4, 0.5) is 4.39 Å². The maximum absolute atomic E-state index is 13.8. The highest BCUT2D eigenvalue weighted by molar-refractivity contribution is 5.31. The zero-order valence-electron chi connectivity index (χ0n) is 10.4. The van der Waals surface area contributed by atoms with Gasteiger partial charge in [-0.1, -0.05) is 19.1 Å². The fourth-order valence-electron chi connectivity index (χ4n) is 1.54. The van der Waals surface area contributed by atoms with Crippen LogP contribution in [0.2, 0.25) is 0 Å². The summed E-state index contributed by atoms with van der Waals surface area (Å²) in [5.74, 6) is -0.341. The Morgan fingerprint density at radius 1 is 1.47 bits per heavy atom. The molecule has 0 saturated heterocycles. The molecule has 4 heteroatoms. The second kappa shape index (κ2) is 5.47. The molecular formula is C13H19FO3. The highest BCUT2D eigenvalue weighted by Gasteiger charge is 2.29. The van der Waals surface area contributed by atoms with E-state index in [1.165, 1.54) is 20.1 Å². The monoisotopic (exact) mass is 242 g/mol. The van der Waals surface area contributed by atoms with E-state index in [9.17, 15) is 14.6 Å². The van der Waals surface area contributed by atoms with Crippen LogP contribution in [0, 0.1) is 5.82 Å². The first-order valence-electron chi connectivity index (χ1n) is 5.64. The number of hydrogen-bond acceptors (Lipinski definition) is 3. The fourth-order valence-corrected chi connectivity index (χ4v) is 1.54. The smallest absolute Gasteiger partial charge is 0.168 e. The Morgan fingerprint density at radius 3 is 2.65 bits per heavy atom. The maximum atomic E-state index is 13.8. The fraction of sp³-hybridized carbons (Fsp3) is 0.538. The molecule has 0 aliphatic carbocycles. The van der Waals surface area contributed by atoms with Gasteiger partial charge < -0.3 is 14.9 Å². The van der Waals surface area contributed by atoms with Gasteiger partial charge in [0, 0.05) is 6.42 Å². The van der Waals surface area contributed by atoms with Gasteiger partial charge in [-0.3, -0.25) is 0 Å². The normalized spacial score (nSPS) is 16.4. The predicted molar refractivity (Wildman–Crippen MR) is 63.6 cm³/mol. The summed E-state index contributed by atoms with van der Waals surface area (Å²) in [5, 5.41) is 19.7. The van der Waals surface area contributed by atoms with Crippen molar-refractivity contribution < 1.29 is 19.3 Å². The van der Waals surface area contributed by atoms with E-state index in [-0.39, 0.29) is 12.2 Å². The molecule has 17 heavy (non-hydrogen) atoms. The lowest BCUT2D eigenvalue weighted by Gasteiger charge is -2.28. The zero-order chi connectivity index (χ0) is 13.1. The van der Waals surface area contributed by atoms with Crippen LogP contribution in [0.1, 0.15) is 25.8 Å². The first-order chi connectivity index (χ1) is 7.92. The molecule has 2 atom stereocenters. The van der Waals surface area contributed by atoms with Gasteiger partial charge in [-0.2, -0.15) is 0 Å². The van der Waals surface area contributed by atoms with E-state index in [1.807, 2.05) is 0 Å². The van der Waals surface area contributed by atoms with Gasteiger partial charge in [0.2, 0.25) is 0 Å². The van der Waals surface area contributed by atoms with Crippen LogP contribution in [0.5, 0.6) is 5.75 Å². The van der Waals surface area contributed by atoms with Crippen molar-refractivity contribution >= 4 is 0 Å². The number of rotatable bonds is 5. The zero-order valence-corrected chi connectivity index (χ0v) is 10.4. The van der Waals surface area contributed by atoms with Gasteiger partial charge in [-0.15, -0.1) is 0 Å². The van der Waals surface area contributed by atoms with Crippen molar-refractivity contribution in [3.8, 4) is 5.75 Å². The van der Waals surface area contributed by atoms with Crippen molar-refractivity contribution in [2.45, 2.75) is 38.4 Å². The second-order valence-electron chi connectivity index (χ2n) is 4.36. The van der Waals surface area contributed by atoms with Crippen LogP contribution in [0.25, 0.3) is 0 Å². The summed E-state index contributed by atoms with van der Waals surface area (Å²) in [6.45, 7) is 3.31. The molecule has 0 bridgehead atoms. The van der Waals surface area contributed by atoms with Gasteiger partial charge >= 0.3 is 0 Å². The first-order valence-corrected chi connectivity index (χ1v) is 5.64. The Morgan fingerprint density at radius 2 is 2.12 bits per heavy atom. The van der Waals surface area contributed by atoms with Crippen LogP contribution < -0.4 is 4.74 Å². The van der Waals surface area contributed by atoms with Gasteiger partial charge in [0.25, 0.3) is 0 Å². The number of aliphatic hydroxyl groups excluding tert-OH is 1. The summed E-state index contributed by atoms with van der Waals surface area (Å²) in [7, 11) is 1.39. The summed E-state index contributed by atoms with van der Waals surface area (Å²) in [6, 6.07) is 4.75. The molecule has 2 unspecified atom stereocenters. The first kappa shape index (κ1) is 13.9. The van der Waals surface area contributed by atoms with Gasteiger partial charge in [-0.25, -0.2) is 4.39 Å². The number of aliphatic hydroxyl groups is 2. The molecule has 96 valence electrons. The van der Waals surface area contributed by atoms with Gasteiger partial charge in [0.05, 0.1) is 18.8 Å². The third-order valence-corrected chi connectivity index (χ3v) is 3.11. The standard InChI is InChI=1S/C13H19FO3/c1-4-13(2,16)11(15)8-9-6-5-7-10(17-3)12(9)14/h5-7,11,15-16H,4,8H2,1-3H3. The Kier molecular flexibility index (Phi) is 4.48. The van der Waals surface area contributed by atoms with Crippen molar-refractivity contribution in [3.63, 3.8) is 0 Å². The molecule has 1 aromatic rings. The summed E-state index contributed by atoms with van der Waals surface area (Å²) in [4.78, 5) is 0. The topological polar surface area (TPSA) is 49.7 Å². The van der Waals surface area contributed by atoms with E-state index in [4.69, 9.17) is 4.74 Å². The van der Waals surface area contributed by atoms with Crippen molar-refractivity contribution in [1.82, 2.24) is 0 Å². The number of hydrogen-bond donors (Lipinski definition) is 2. The predicted octanol–water partition coefficient (Wildman–Crippen LogP) is 1.90. The lowest BCUT2D eigenvalue weighted by Crippen LogP contribution is -2.40. The molecule has 0 fully saturated rings. The van der Waals surface area contributed by atoms with E-state index in [2.05, 4.69) is 0 Å². The number of ether oxygens (including phenoxy) is 1. The minimum atomic E-state index is -1.21. The summed E-state index contributed by atoms with van der Waals surface area (Å²) < 4.78 is 18.7. The average molecular weight is 242 g/mol. The van der Waals surface area contributed by atoms with E-state index < -0.39 is 17.5 Å². The van der Waals surface area contributed by atoms with Gasteiger partial charge in [0.15, 0.2) is 11.6 Å². The van der Waals surface area contributed by atoms with E-state index in [0.29, 0.717) is 12.0 Å². The molecule has 0 aliphatic heterocycles. The SMILES string of the molecule is CCC(C)(O)C(O)Cc1cccc(OC)c1F. The van der Waals surface area contributed by atoms with Gasteiger partial charge in [0.1, 0.15) is 0 Å².